The molecule has 1 aliphatic heterocycles. The molecule has 1 amide bonds. The molecule has 0 saturated carbocycles. The van der Waals surface area contributed by atoms with Crippen molar-refractivity contribution >= 4 is 6.09 Å². The Morgan fingerprint density at radius 1 is 1.40 bits per heavy atom. The number of carbonyl (C=O) groups excluding carboxylic acids is 1. The maximum atomic E-state index is 11.9. The first kappa shape index (κ1) is 14.9. The smallest absolute Gasteiger partial charge is 0.350 e. The summed E-state index contributed by atoms with van der Waals surface area (Å²) in [5.74, 6) is 0. The summed E-state index contributed by atoms with van der Waals surface area (Å²) in [4.78, 5) is 17.4. The second-order valence-corrected chi connectivity index (χ2v) is 6.47. The maximum absolute atomic E-state index is 11.9. The van der Waals surface area contributed by atoms with Crippen molar-refractivity contribution in [1.29, 1.82) is 0 Å². The molecule has 1 heterocycles. The van der Waals surface area contributed by atoms with Gasteiger partial charge in [0.25, 0.3) is 0 Å². The van der Waals surface area contributed by atoms with Gasteiger partial charge in [-0.05, 0) is 46.1 Å². The SMILES string of the molecule is Cc1cccc(C2CCCN2OC(=O)NC(C)(C)C)c1. The van der Waals surface area contributed by atoms with E-state index in [4.69, 9.17) is 4.84 Å². The highest BCUT2D eigenvalue weighted by atomic mass is 16.7. The molecule has 1 aromatic carbocycles. The van der Waals surface area contributed by atoms with Crippen LogP contribution in [0, 0.1) is 6.92 Å². The van der Waals surface area contributed by atoms with E-state index in [0.717, 1.165) is 19.4 Å². The molecule has 110 valence electrons. The highest BCUT2D eigenvalue weighted by molar-refractivity contribution is 5.67. The fourth-order valence-corrected chi connectivity index (χ4v) is 2.50. The zero-order valence-electron chi connectivity index (χ0n) is 12.8. The van der Waals surface area contributed by atoms with E-state index in [0.29, 0.717) is 0 Å². The minimum Gasteiger partial charge on any atom is -0.350 e. The molecule has 1 saturated heterocycles. The highest BCUT2D eigenvalue weighted by Gasteiger charge is 2.30. The lowest BCUT2D eigenvalue weighted by molar-refractivity contribution is -0.113. The Bertz CT molecular complexity index is 480. The zero-order valence-corrected chi connectivity index (χ0v) is 12.8. The Labute approximate surface area is 121 Å². The summed E-state index contributed by atoms with van der Waals surface area (Å²) < 4.78 is 0. The van der Waals surface area contributed by atoms with Gasteiger partial charge in [-0.3, -0.25) is 0 Å². The van der Waals surface area contributed by atoms with Gasteiger partial charge in [-0.1, -0.05) is 29.8 Å². The van der Waals surface area contributed by atoms with E-state index in [1.807, 2.05) is 20.8 Å². The van der Waals surface area contributed by atoms with Gasteiger partial charge < -0.3 is 10.2 Å². The molecule has 2 rings (SSSR count). The Morgan fingerprint density at radius 3 is 2.80 bits per heavy atom. The van der Waals surface area contributed by atoms with E-state index in [9.17, 15) is 4.79 Å². The molecule has 1 aliphatic rings. The molecule has 20 heavy (non-hydrogen) atoms. The van der Waals surface area contributed by atoms with Crippen LogP contribution in [0.1, 0.15) is 50.8 Å². The van der Waals surface area contributed by atoms with Crippen LogP contribution in [0.2, 0.25) is 0 Å². The van der Waals surface area contributed by atoms with E-state index in [1.54, 1.807) is 5.06 Å². The third-order valence-electron chi connectivity index (χ3n) is 3.31. The van der Waals surface area contributed by atoms with Gasteiger partial charge >= 0.3 is 6.09 Å². The van der Waals surface area contributed by atoms with Crippen molar-refractivity contribution in [2.24, 2.45) is 0 Å². The minimum absolute atomic E-state index is 0.167. The fraction of sp³-hybridized carbons (Fsp3) is 0.562. The monoisotopic (exact) mass is 276 g/mol. The van der Waals surface area contributed by atoms with Crippen molar-refractivity contribution < 1.29 is 9.63 Å². The molecule has 1 unspecified atom stereocenters. The number of benzene rings is 1. The van der Waals surface area contributed by atoms with Crippen LogP contribution in [0.5, 0.6) is 0 Å². The van der Waals surface area contributed by atoms with E-state index in [2.05, 4.69) is 36.5 Å². The molecule has 0 aromatic heterocycles. The molecule has 1 atom stereocenters. The number of carbonyl (C=O) groups is 1. The number of hydrogen-bond acceptors (Lipinski definition) is 3. The van der Waals surface area contributed by atoms with Gasteiger partial charge in [0.15, 0.2) is 0 Å². The lowest BCUT2D eigenvalue weighted by atomic mass is 10.0. The molecule has 1 N–H and O–H groups in total. The number of hydroxylamine groups is 2. The average molecular weight is 276 g/mol. The first-order chi connectivity index (χ1) is 9.35. The first-order valence-corrected chi connectivity index (χ1v) is 7.18. The number of aryl methyl sites for hydroxylation is 1. The highest BCUT2D eigenvalue weighted by Crippen LogP contribution is 2.32. The lowest BCUT2D eigenvalue weighted by Crippen LogP contribution is -2.43. The molecular formula is C16H24N2O2. The second kappa shape index (κ2) is 5.83. The zero-order chi connectivity index (χ0) is 14.8. The Hall–Kier alpha value is -1.55. The van der Waals surface area contributed by atoms with E-state index >= 15 is 0 Å². The predicted octanol–water partition coefficient (Wildman–Crippen LogP) is 3.57. The normalized spacial score (nSPS) is 19.9. The summed E-state index contributed by atoms with van der Waals surface area (Å²) in [7, 11) is 0. The number of nitrogens with one attached hydrogen (secondary N) is 1. The number of nitrogens with zero attached hydrogens (tertiary/aromatic N) is 1. The van der Waals surface area contributed by atoms with Gasteiger partial charge in [-0.15, -0.1) is 5.06 Å². The van der Waals surface area contributed by atoms with Gasteiger partial charge in [0.1, 0.15) is 0 Å². The summed E-state index contributed by atoms with van der Waals surface area (Å²) in [6.07, 6.45) is 1.69. The van der Waals surface area contributed by atoms with Crippen LogP contribution in [0.25, 0.3) is 0 Å². The Kier molecular flexibility index (Phi) is 4.33. The molecule has 1 fully saturated rings. The van der Waals surface area contributed by atoms with E-state index in [-0.39, 0.29) is 17.7 Å². The molecule has 1 aromatic rings. The van der Waals surface area contributed by atoms with E-state index < -0.39 is 0 Å². The second-order valence-electron chi connectivity index (χ2n) is 6.47. The van der Waals surface area contributed by atoms with Crippen LogP contribution in [0.15, 0.2) is 24.3 Å². The molecule has 0 bridgehead atoms. The number of hydrogen-bond donors (Lipinski definition) is 1. The summed E-state index contributed by atoms with van der Waals surface area (Å²) in [6.45, 7) is 8.69. The minimum atomic E-state index is -0.378. The molecule has 4 nitrogen and oxygen atoms in total. The number of rotatable bonds is 2. The third kappa shape index (κ3) is 3.97. The van der Waals surface area contributed by atoms with Gasteiger partial charge in [-0.2, -0.15) is 0 Å². The quantitative estimate of drug-likeness (QED) is 0.897. The molecule has 0 spiro atoms. The molecular weight excluding hydrogens is 252 g/mol. The van der Waals surface area contributed by atoms with Crippen LogP contribution in [-0.4, -0.2) is 23.2 Å². The summed E-state index contributed by atoms with van der Waals surface area (Å²) >= 11 is 0. The van der Waals surface area contributed by atoms with Crippen molar-refractivity contribution in [3.05, 3.63) is 35.4 Å². The van der Waals surface area contributed by atoms with Crippen LogP contribution in [-0.2, 0) is 4.84 Å². The Morgan fingerprint density at radius 2 is 2.15 bits per heavy atom. The fourth-order valence-electron chi connectivity index (χ4n) is 2.50. The topological polar surface area (TPSA) is 41.6 Å². The van der Waals surface area contributed by atoms with Crippen molar-refractivity contribution in [3.8, 4) is 0 Å². The van der Waals surface area contributed by atoms with Crippen molar-refractivity contribution in [2.45, 2.75) is 52.1 Å². The average Bonchev–Trinajstić information content (AvgIpc) is 2.74. The standard InChI is InChI=1S/C16H24N2O2/c1-12-7-5-8-13(11-12)14-9-6-10-18(14)20-15(19)17-16(2,3)4/h5,7-8,11,14H,6,9-10H2,1-4H3,(H,17,19). The van der Waals surface area contributed by atoms with E-state index in [1.165, 1.54) is 11.1 Å². The van der Waals surface area contributed by atoms with Gasteiger partial charge in [0, 0.05) is 12.1 Å². The van der Waals surface area contributed by atoms with Gasteiger partial charge in [0.05, 0.1) is 6.04 Å². The first-order valence-electron chi connectivity index (χ1n) is 7.18. The summed E-state index contributed by atoms with van der Waals surface area (Å²) in [6, 6.07) is 8.56. The van der Waals surface area contributed by atoms with Crippen molar-refractivity contribution in [1.82, 2.24) is 10.4 Å². The molecule has 4 heteroatoms. The van der Waals surface area contributed by atoms with Crippen molar-refractivity contribution in [2.75, 3.05) is 6.54 Å². The van der Waals surface area contributed by atoms with Crippen LogP contribution < -0.4 is 5.32 Å². The lowest BCUT2D eigenvalue weighted by Gasteiger charge is -2.26. The largest absolute Gasteiger partial charge is 0.426 e. The summed E-state index contributed by atoms with van der Waals surface area (Å²) in [5.41, 5.74) is 2.16. The molecule has 0 radical (unpaired) electrons. The van der Waals surface area contributed by atoms with Crippen LogP contribution in [0.4, 0.5) is 4.79 Å². The third-order valence-corrected chi connectivity index (χ3v) is 3.31. The van der Waals surface area contributed by atoms with Gasteiger partial charge in [-0.25, -0.2) is 4.79 Å². The predicted molar refractivity (Wildman–Crippen MR) is 79.2 cm³/mol. The summed E-state index contributed by atoms with van der Waals surface area (Å²) in [5, 5.41) is 4.63. The number of amides is 1. The van der Waals surface area contributed by atoms with Crippen LogP contribution in [0.3, 0.4) is 0 Å². The van der Waals surface area contributed by atoms with Crippen LogP contribution >= 0.6 is 0 Å². The maximum Gasteiger partial charge on any atom is 0.426 e. The Balaban J connectivity index is 2.03. The van der Waals surface area contributed by atoms with Gasteiger partial charge in [0.2, 0.25) is 0 Å². The van der Waals surface area contributed by atoms with Crippen molar-refractivity contribution in [3.63, 3.8) is 0 Å². The molecule has 0 aliphatic carbocycles.